The number of urea groups is 1. The van der Waals surface area contributed by atoms with Crippen molar-refractivity contribution >= 4 is 23.2 Å². The summed E-state index contributed by atoms with van der Waals surface area (Å²) in [7, 11) is 0. The summed E-state index contributed by atoms with van der Waals surface area (Å²) in [5, 5.41) is 17.9. The summed E-state index contributed by atoms with van der Waals surface area (Å²) in [6, 6.07) is 27.8. The largest absolute Gasteiger partial charge is 0.490 e. The zero-order chi connectivity index (χ0) is 28.8. The van der Waals surface area contributed by atoms with E-state index in [0.29, 0.717) is 11.1 Å². The van der Waals surface area contributed by atoms with E-state index in [4.69, 9.17) is 9.47 Å². The fourth-order valence-electron chi connectivity index (χ4n) is 4.69. The van der Waals surface area contributed by atoms with Gasteiger partial charge in [0.2, 0.25) is 0 Å². The monoisotopic (exact) mass is 549 g/mol. The highest BCUT2D eigenvalue weighted by Gasteiger charge is 2.38. The van der Waals surface area contributed by atoms with Crippen LogP contribution in [0.15, 0.2) is 109 Å². The Kier molecular flexibility index (Phi) is 8.05. The molecule has 0 saturated heterocycles. The molecule has 4 aromatic rings. The molecule has 9 nitrogen and oxygen atoms in total. The smallest absolute Gasteiger partial charge is 0.320 e. The Balaban J connectivity index is 1.68. The third-order valence-electron chi connectivity index (χ3n) is 6.55. The van der Waals surface area contributed by atoms with Gasteiger partial charge < -0.3 is 20.1 Å². The van der Waals surface area contributed by atoms with E-state index in [1.807, 2.05) is 36.4 Å². The molecular weight excluding hydrogens is 522 g/mol. The molecule has 41 heavy (non-hydrogen) atoms. The number of hydrogen-bond acceptors (Lipinski definition) is 6. The molecule has 0 spiro atoms. The first-order valence-corrected chi connectivity index (χ1v) is 13.0. The van der Waals surface area contributed by atoms with Gasteiger partial charge in [0.15, 0.2) is 17.3 Å². The second-order valence-corrected chi connectivity index (χ2v) is 9.20. The first kappa shape index (κ1) is 27.1. The number of carbonyl (C=O) groups is 2. The van der Waals surface area contributed by atoms with Gasteiger partial charge in [-0.3, -0.25) is 14.9 Å². The molecule has 5 rings (SSSR count). The Morgan fingerprint density at radius 2 is 1.49 bits per heavy atom. The normalized spacial score (nSPS) is 14.6. The first-order valence-electron chi connectivity index (χ1n) is 13.0. The molecule has 1 aliphatic rings. The van der Waals surface area contributed by atoms with E-state index in [1.165, 1.54) is 12.1 Å². The minimum absolute atomic E-state index is 0.0908. The van der Waals surface area contributed by atoms with Crippen molar-refractivity contribution in [3.8, 4) is 11.5 Å². The minimum atomic E-state index is -1.16. The molecule has 0 aromatic heterocycles. The minimum Gasteiger partial charge on any atom is -0.490 e. The van der Waals surface area contributed by atoms with Crippen LogP contribution in [0, 0.1) is 10.1 Å². The maximum absolute atomic E-state index is 14.0. The van der Waals surface area contributed by atoms with Gasteiger partial charge in [-0.1, -0.05) is 91.0 Å². The van der Waals surface area contributed by atoms with Crippen LogP contribution in [0.3, 0.4) is 0 Å². The summed E-state index contributed by atoms with van der Waals surface area (Å²) in [5.41, 5.74) is 2.02. The lowest BCUT2D eigenvalue weighted by atomic mass is 9.86. The van der Waals surface area contributed by atoms with Crippen molar-refractivity contribution in [3.63, 3.8) is 0 Å². The van der Waals surface area contributed by atoms with Gasteiger partial charge in [-0.15, -0.1) is 0 Å². The molecule has 4 aromatic carbocycles. The highest BCUT2D eigenvalue weighted by Crippen LogP contribution is 2.42. The molecule has 0 unspecified atom stereocenters. The summed E-state index contributed by atoms with van der Waals surface area (Å²) < 4.78 is 11.8. The lowest BCUT2D eigenvalue weighted by Crippen LogP contribution is -2.45. The molecule has 1 aliphatic heterocycles. The number of amides is 2. The van der Waals surface area contributed by atoms with Crippen LogP contribution in [0.4, 0.5) is 10.5 Å². The molecule has 2 N–H and O–H groups in total. The van der Waals surface area contributed by atoms with Crippen molar-refractivity contribution in [2.45, 2.75) is 19.6 Å². The third-order valence-corrected chi connectivity index (χ3v) is 6.55. The highest BCUT2D eigenvalue weighted by molar-refractivity contribution is 6.16. The quantitative estimate of drug-likeness (QED) is 0.138. The standard InChI is InChI=1S/C32H27N3O6/c1-2-40-26-18-24(25(35(38)39)19-27(26)41-20-21-12-6-3-7-13-21)30-28(31(36)23-16-10-5-11-17-23)29(33-32(37)34-30)22-14-8-4-9-15-22/h3-19,30H,2,20H2,1H3,(H2,33,34,37)/t30-/m1/s1. The van der Waals surface area contributed by atoms with E-state index in [2.05, 4.69) is 10.6 Å². The molecule has 1 atom stereocenters. The number of benzene rings is 4. The van der Waals surface area contributed by atoms with Crippen LogP contribution in [-0.2, 0) is 6.61 Å². The topological polar surface area (TPSA) is 120 Å². The fourth-order valence-corrected chi connectivity index (χ4v) is 4.69. The molecular formula is C32H27N3O6. The number of nitrogens with zero attached hydrogens (tertiary/aromatic N) is 1. The summed E-state index contributed by atoms with van der Waals surface area (Å²) in [4.78, 5) is 38.8. The number of carbonyl (C=O) groups excluding carboxylic acids is 2. The van der Waals surface area contributed by atoms with Crippen molar-refractivity contribution in [1.82, 2.24) is 10.6 Å². The predicted molar refractivity (Wildman–Crippen MR) is 154 cm³/mol. The second kappa shape index (κ2) is 12.2. The van der Waals surface area contributed by atoms with Crippen LogP contribution in [0.25, 0.3) is 5.70 Å². The van der Waals surface area contributed by atoms with Gasteiger partial charge in [0, 0.05) is 5.56 Å². The predicted octanol–water partition coefficient (Wildman–Crippen LogP) is 6.22. The van der Waals surface area contributed by atoms with Crippen LogP contribution in [0.1, 0.15) is 40.0 Å². The van der Waals surface area contributed by atoms with Gasteiger partial charge in [0.25, 0.3) is 5.69 Å². The Morgan fingerprint density at radius 1 is 0.878 bits per heavy atom. The van der Waals surface area contributed by atoms with Crippen molar-refractivity contribution < 1.29 is 24.0 Å². The third kappa shape index (κ3) is 5.94. The summed E-state index contributed by atoms with van der Waals surface area (Å²) in [6.45, 7) is 2.21. The molecule has 0 fully saturated rings. The van der Waals surface area contributed by atoms with E-state index in [-0.39, 0.29) is 47.2 Å². The van der Waals surface area contributed by atoms with E-state index < -0.39 is 22.8 Å². The Morgan fingerprint density at radius 3 is 2.12 bits per heavy atom. The maximum Gasteiger partial charge on any atom is 0.320 e. The lowest BCUT2D eigenvalue weighted by molar-refractivity contribution is -0.385. The lowest BCUT2D eigenvalue weighted by Gasteiger charge is -2.30. The number of nitrogens with one attached hydrogen (secondary N) is 2. The van der Waals surface area contributed by atoms with Crippen molar-refractivity contribution in [2.24, 2.45) is 0 Å². The molecule has 0 bridgehead atoms. The van der Waals surface area contributed by atoms with Gasteiger partial charge >= 0.3 is 6.03 Å². The van der Waals surface area contributed by atoms with Crippen LogP contribution in [-0.4, -0.2) is 23.3 Å². The van der Waals surface area contributed by atoms with Gasteiger partial charge in [-0.2, -0.15) is 0 Å². The van der Waals surface area contributed by atoms with Gasteiger partial charge in [-0.25, -0.2) is 4.79 Å². The Bertz CT molecular complexity index is 1610. The summed E-state index contributed by atoms with van der Waals surface area (Å²) in [5.74, 6) is 0.0396. The molecule has 2 amide bonds. The molecule has 0 aliphatic carbocycles. The Hall–Kier alpha value is -5.44. The zero-order valence-corrected chi connectivity index (χ0v) is 22.2. The van der Waals surface area contributed by atoms with Gasteiger partial charge in [0.1, 0.15) is 6.61 Å². The number of nitro benzene ring substituents is 1. The molecule has 206 valence electrons. The van der Waals surface area contributed by atoms with E-state index >= 15 is 0 Å². The van der Waals surface area contributed by atoms with Crippen molar-refractivity contribution in [1.29, 1.82) is 0 Å². The van der Waals surface area contributed by atoms with Crippen LogP contribution < -0.4 is 20.1 Å². The SMILES string of the molecule is CCOc1cc([C@H]2NC(=O)NC(c3ccccc3)=C2C(=O)c2ccccc2)c([N+](=O)[O-])cc1OCc1ccccc1. The van der Waals surface area contributed by atoms with E-state index in [0.717, 1.165) is 5.56 Å². The average Bonchev–Trinajstić information content (AvgIpc) is 3.01. The number of hydrogen-bond donors (Lipinski definition) is 2. The van der Waals surface area contributed by atoms with E-state index in [9.17, 15) is 19.7 Å². The molecule has 9 heteroatoms. The maximum atomic E-state index is 14.0. The van der Waals surface area contributed by atoms with Crippen molar-refractivity contribution in [3.05, 3.63) is 141 Å². The average molecular weight is 550 g/mol. The fraction of sp³-hybridized carbons (Fsp3) is 0.125. The number of rotatable bonds is 10. The number of nitro groups is 1. The number of Topliss-reactive ketones (excluding diaryl/α,β-unsaturated/α-hetero) is 1. The molecule has 0 radical (unpaired) electrons. The first-order chi connectivity index (χ1) is 20.0. The molecule has 1 heterocycles. The highest BCUT2D eigenvalue weighted by atomic mass is 16.6. The van der Waals surface area contributed by atoms with Crippen LogP contribution >= 0.6 is 0 Å². The van der Waals surface area contributed by atoms with Crippen LogP contribution in [0.2, 0.25) is 0 Å². The second-order valence-electron chi connectivity index (χ2n) is 9.20. The number of ether oxygens (including phenoxy) is 2. The van der Waals surface area contributed by atoms with E-state index in [1.54, 1.807) is 61.5 Å². The van der Waals surface area contributed by atoms with Crippen molar-refractivity contribution in [2.75, 3.05) is 6.61 Å². The Labute approximate surface area is 236 Å². The zero-order valence-electron chi connectivity index (χ0n) is 22.2. The van der Waals surface area contributed by atoms with Crippen LogP contribution in [0.5, 0.6) is 11.5 Å². The molecule has 0 saturated carbocycles. The summed E-state index contributed by atoms with van der Waals surface area (Å²) in [6.07, 6.45) is 0. The number of ketones is 1. The van der Waals surface area contributed by atoms with Gasteiger partial charge in [0.05, 0.1) is 40.5 Å². The van der Waals surface area contributed by atoms with Gasteiger partial charge in [-0.05, 0) is 24.1 Å². The summed E-state index contributed by atoms with van der Waals surface area (Å²) >= 11 is 0.